The second kappa shape index (κ2) is 6.35. The molecule has 5 heteroatoms. The van der Waals surface area contributed by atoms with Gasteiger partial charge in [0.25, 0.3) is 0 Å². The highest BCUT2D eigenvalue weighted by molar-refractivity contribution is 6.30. The average Bonchev–Trinajstić information content (AvgIpc) is 2.87. The van der Waals surface area contributed by atoms with Gasteiger partial charge < -0.3 is 0 Å². The first-order chi connectivity index (χ1) is 8.22. The summed E-state index contributed by atoms with van der Waals surface area (Å²) < 4.78 is 14.9. The van der Waals surface area contributed by atoms with Crippen LogP contribution in [-0.2, 0) is 6.42 Å². The SMILES string of the molecule is CC.CCc1cc(F)c(-n2cccn2)nc1Cl. The van der Waals surface area contributed by atoms with Crippen molar-refractivity contribution < 1.29 is 4.39 Å². The van der Waals surface area contributed by atoms with E-state index < -0.39 is 5.82 Å². The minimum Gasteiger partial charge on any atom is -0.220 e. The van der Waals surface area contributed by atoms with E-state index in [4.69, 9.17) is 11.6 Å². The maximum absolute atomic E-state index is 13.6. The minimum absolute atomic E-state index is 0.127. The van der Waals surface area contributed by atoms with Crippen LogP contribution in [0, 0.1) is 5.82 Å². The smallest absolute Gasteiger partial charge is 0.191 e. The van der Waals surface area contributed by atoms with Gasteiger partial charge in [0.1, 0.15) is 5.15 Å². The molecule has 0 aliphatic carbocycles. The molecule has 92 valence electrons. The van der Waals surface area contributed by atoms with Crippen LogP contribution < -0.4 is 0 Å². The van der Waals surface area contributed by atoms with Gasteiger partial charge in [0.15, 0.2) is 11.6 Å². The van der Waals surface area contributed by atoms with Crippen LogP contribution in [0.2, 0.25) is 5.15 Å². The lowest BCUT2D eigenvalue weighted by atomic mass is 10.2. The van der Waals surface area contributed by atoms with Gasteiger partial charge in [0.05, 0.1) is 0 Å². The van der Waals surface area contributed by atoms with E-state index >= 15 is 0 Å². The van der Waals surface area contributed by atoms with Crippen molar-refractivity contribution in [2.75, 3.05) is 0 Å². The van der Waals surface area contributed by atoms with Crippen molar-refractivity contribution in [3.05, 3.63) is 41.1 Å². The van der Waals surface area contributed by atoms with E-state index in [9.17, 15) is 4.39 Å². The third-order valence-corrected chi connectivity index (χ3v) is 2.41. The molecule has 0 aliphatic heterocycles. The summed E-state index contributed by atoms with van der Waals surface area (Å²) in [5.74, 6) is -0.290. The molecule has 2 aromatic heterocycles. The molecule has 0 saturated carbocycles. The molecular formula is C12H15ClFN3. The van der Waals surface area contributed by atoms with Crippen molar-refractivity contribution >= 4 is 11.6 Å². The van der Waals surface area contributed by atoms with E-state index in [1.807, 2.05) is 20.8 Å². The van der Waals surface area contributed by atoms with Gasteiger partial charge in [0.2, 0.25) is 0 Å². The number of halogens is 2. The normalized spacial score (nSPS) is 9.71. The first-order valence-electron chi connectivity index (χ1n) is 5.57. The molecular weight excluding hydrogens is 241 g/mol. The van der Waals surface area contributed by atoms with Crippen molar-refractivity contribution in [1.82, 2.24) is 14.8 Å². The molecule has 0 fully saturated rings. The molecule has 2 heterocycles. The maximum Gasteiger partial charge on any atom is 0.191 e. The summed E-state index contributed by atoms with van der Waals surface area (Å²) in [4.78, 5) is 3.98. The van der Waals surface area contributed by atoms with Crippen molar-refractivity contribution in [1.29, 1.82) is 0 Å². The van der Waals surface area contributed by atoms with E-state index in [0.717, 1.165) is 0 Å². The summed E-state index contributed by atoms with van der Waals surface area (Å²) in [6, 6.07) is 3.09. The summed E-state index contributed by atoms with van der Waals surface area (Å²) in [6.07, 6.45) is 3.83. The zero-order valence-corrected chi connectivity index (χ0v) is 10.9. The van der Waals surface area contributed by atoms with Crippen LogP contribution in [0.4, 0.5) is 4.39 Å². The lowest BCUT2D eigenvalue weighted by Gasteiger charge is -2.05. The zero-order valence-electron chi connectivity index (χ0n) is 10.1. The predicted octanol–water partition coefficient (Wildman–Crippen LogP) is 3.65. The van der Waals surface area contributed by atoms with E-state index in [-0.39, 0.29) is 5.82 Å². The van der Waals surface area contributed by atoms with Crippen LogP contribution in [0.15, 0.2) is 24.5 Å². The largest absolute Gasteiger partial charge is 0.220 e. The number of hydrogen-bond acceptors (Lipinski definition) is 2. The molecule has 0 amide bonds. The van der Waals surface area contributed by atoms with E-state index in [1.54, 1.807) is 18.5 Å². The fraction of sp³-hybridized carbons (Fsp3) is 0.333. The third kappa shape index (κ3) is 3.03. The average molecular weight is 256 g/mol. The first kappa shape index (κ1) is 13.6. The number of aromatic nitrogens is 3. The summed E-state index contributed by atoms with van der Waals surface area (Å²) in [5, 5.41) is 4.22. The van der Waals surface area contributed by atoms with Crippen molar-refractivity contribution in [2.24, 2.45) is 0 Å². The molecule has 0 unspecified atom stereocenters. The standard InChI is InChI=1S/C10H9ClFN3.C2H6/c1-2-7-6-8(12)10(14-9(7)11)15-5-3-4-13-15;1-2/h3-6H,2H2,1H3;1-2H3. The van der Waals surface area contributed by atoms with Crippen molar-refractivity contribution in [3.8, 4) is 5.82 Å². The highest BCUT2D eigenvalue weighted by atomic mass is 35.5. The summed E-state index contributed by atoms with van der Waals surface area (Å²) >= 11 is 5.90. The van der Waals surface area contributed by atoms with Gasteiger partial charge in [0, 0.05) is 12.4 Å². The summed E-state index contributed by atoms with van der Waals surface area (Å²) in [5.41, 5.74) is 0.699. The Morgan fingerprint density at radius 3 is 2.65 bits per heavy atom. The number of nitrogens with zero attached hydrogens (tertiary/aromatic N) is 3. The van der Waals surface area contributed by atoms with Gasteiger partial charge in [-0.05, 0) is 24.1 Å². The Morgan fingerprint density at radius 2 is 2.12 bits per heavy atom. The molecule has 2 aromatic rings. The number of aryl methyl sites for hydroxylation is 1. The highest BCUT2D eigenvalue weighted by Crippen LogP contribution is 2.19. The van der Waals surface area contributed by atoms with E-state index in [1.165, 1.54) is 10.7 Å². The first-order valence-corrected chi connectivity index (χ1v) is 5.95. The van der Waals surface area contributed by atoms with Gasteiger partial charge in [-0.1, -0.05) is 32.4 Å². The van der Waals surface area contributed by atoms with Crippen molar-refractivity contribution in [3.63, 3.8) is 0 Å². The van der Waals surface area contributed by atoms with Crippen molar-refractivity contribution in [2.45, 2.75) is 27.2 Å². The van der Waals surface area contributed by atoms with Crippen LogP contribution >= 0.6 is 11.6 Å². The number of pyridine rings is 1. The Balaban J connectivity index is 0.000000686. The minimum atomic E-state index is -0.417. The van der Waals surface area contributed by atoms with Gasteiger partial charge in [-0.2, -0.15) is 5.10 Å². The van der Waals surface area contributed by atoms with Gasteiger partial charge in [-0.3, -0.25) is 0 Å². The molecule has 0 atom stereocenters. The topological polar surface area (TPSA) is 30.7 Å². The lowest BCUT2D eigenvalue weighted by molar-refractivity contribution is 0.598. The van der Waals surface area contributed by atoms with E-state index in [0.29, 0.717) is 17.1 Å². The fourth-order valence-corrected chi connectivity index (χ4v) is 1.57. The molecule has 0 N–H and O–H groups in total. The van der Waals surface area contributed by atoms with Crippen LogP contribution in [0.1, 0.15) is 26.3 Å². The van der Waals surface area contributed by atoms with E-state index in [2.05, 4.69) is 10.1 Å². The Kier molecular flexibility index (Phi) is 5.10. The van der Waals surface area contributed by atoms with Gasteiger partial charge in [-0.15, -0.1) is 0 Å². The Bertz CT molecular complexity index is 469. The number of hydrogen-bond donors (Lipinski definition) is 0. The Morgan fingerprint density at radius 1 is 1.41 bits per heavy atom. The van der Waals surface area contributed by atoms with Crippen LogP contribution in [0.25, 0.3) is 5.82 Å². The zero-order chi connectivity index (χ0) is 12.8. The Hall–Kier alpha value is -1.42. The molecule has 0 saturated heterocycles. The quantitative estimate of drug-likeness (QED) is 0.767. The second-order valence-corrected chi connectivity index (χ2v) is 3.41. The predicted molar refractivity (Wildman–Crippen MR) is 67.1 cm³/mol. The van der Waals surface area contributed by atoms with Gasteiger partial charge >= 0.3 is 0 Å². The molecule has 0 aliphatic rings. The second-order valence-electron chi connectivity index (χ2n) is 3.05. The molecule has 0 bridgehead atoms. The molecule has 0 aromatic carbocycles. The lowest BCUT2D eigenvalue weighted by Crippen LogP contribution is -2.03. The summed E-state index contributed by atoms with van der Waals surface area (Å²) in [6.45, 7) is 5.90. The molecule has 0 radical (unpaired) electrons. The molecule has 3 nitrogen and oxygen atoms in total. The number of rotatable bonds is 2. The molecule has 2 rings (SSSR count). The molecule has 0 spiro atoms. The van der Waals surface area contributed by atoms with Gasteiger partial charge in [-0.25, -0.2) is 14.1 Å². The van der Waals surface area contributed by atoms with Crippen LogP contribution in [0.3, 0.4) is 0 Å². The Labute approximate surface area is 105 Å². The molecule has 17 heavy (non-hydrogen) atoms. The third-order valence-electron chi connectivity index (χ3n) is 2.09. The summed E-state index contributed by atoms with van der Waals surface area (Å²) in [7, 11) is 0. The maximum atomic E-state index is 13.6. The fourth-order valence-electron chi connectivity index (χ4n) is 1.30. The monoisotopic (exact) mass is 255 g/mol. The highest BCUT2D eigenvalue weighted by Gasteiger charge is 2.10. The van der Waals surface area contributed by atoms with Crippen LogP contribution in [0.5, 0.6) is 0 Å². The van der Waals surface area contributed by atoms with Crippen LogP contribution in [-0.4, -0.2) is 14.8 Å².